The predicted octanol–water partition coefficient (Wildman–Crippen LogP) is 5.45. The zero-order valence-electron chi connectivity index (χ0n) is 15.4. The van der Waals surface area contributed by atoms with Gasteiger partial charge in [0.05, 0.1) is 11.1 Å². The summed E-state index contributed by atoms with van der Waals surface area (Å²) in [4.78, 5) is 19.1. The Morgan fingerprint density at radius 1 is 1.23 bits per heavy atom. The maximum atomic E-state index is 12.6. The van der Waals surface area contributed by atoms with E-state index in [-0.39, 0.29) is 12.1 Å². The Hall–Kier alpha value is -2.01. The number of benzene rings is 1. The third-order valence-corrected chi connectivity index (χ3v) is 5.40. The van der Waals surface area contributed by atoms with Crippen molar-refractivity contribution in [1.82, 2.24) is 9.88 Å². The van der Waals surface area contributed by atoms with E-state index in [0.717, 1.165) is 42.0 Å². The van der Waals surface area contributed by atoms with Gasteiger partial charge in [0.1, 0.15) is 6.61 Å². The molecule has 138 valence electrons. The monoisotopic (exact) mass is 370 g/mol. The molecule has 1 aliphatic rings. The number of piperidine rings is 1. The van der Waals surface area contributed by atoms with Crippen molar-refractivity contribution in [2.45, 2.75) is 56.0 Å². The van der Waals surface area contributed by atoms with E-state index in [1.165, 1.54) is 0 Å². The maximum absolute atomic E-state index is 12.6. The zero-order chi connectivity index (χ0) is 18.4. The number of amides is 1. The van der Waals surface area contributed by atoms with Gasteiger partial charge in [0, 0.05) is 18.0 Å². The van der Waals surface area contributed by atoms with E-state index >= 15 is 0 Å². The van der Waals surface area contributed by atoms with Crippen molar-refractivity contribution in [2.24, 2.45) is 0 Å². The largest absolute Gasteiger partial charge is 0.445 e. The molecule has 0 aliphatic carbocycles. The molecule has 2 heterocycles. The smallest absolute Gasteiger partial charge is 0.410 e. The zero-order valence-corrected chi connectivity index (χ0v) is 16.2. The highest BCUT2D eigenvalue weighted by molar-refractivity contribution is 7.99. The average molecular weight is 371 g/mol. The van der Waals surface area contributed by atoms with Crippen molar-refractivity contribution >= 4 is 17.9 Å². The van der Waals surface area contributed by atoms with Crippen molar-refractivity contribution in [1.29, 1.82) is 0 Å². The summed E-state index contributed by atoms with van der Waals surface area (Å²) in [6.07, 6.45) is 4.78. The summed E-state index contributed by atoms with van der Waals surface area (Å²) in [5, 5.41) is 1.53. The molecular formula is C21H26N2O2S. The van der Waals surface area contributed by atoms with Crippen LogP contribution in [0.25, 0.3) is 0 Å². The molecule has 0 bridgehead atoms. The Kier molecular flexibility index (Phi) is 6.56. The highest BCUT2D eigenvalue weighted by Crippen LogP contribution is 2.32. The number of hydrogen-bond acceptors (Lipinski definition) is 4. The van der Waals surface area contributed by atoms with Gasteiger partial charge in [-0.2, -0.15) is 0 Å². The molecule has 1 fully saturated rings. The molecule has 4 nitrogen and oxygen atoms in total. The Bertz CT molecular complexity index is 704. The summed E-state index contributed by atoms with van der Waals surface area (Å²) in [6.45, 7) is 5.36. The number of hydrogen-bond donors (Lipinski definition) is 0. The van der Waals surface area contributed by atoms with Gasteiger partial charge in [0.25, 0.3) is 0 Å². The van der Waals surface area contributed by atoms with E-state index in [4.69, 9.17) is 4.74 Å². The van der Waals surface area contributed by atoms with E-state index < -0.39 is 0 Å². The van der Waals surface area contributed by atoms with E-state index in [2.05, 4.69) is 31.0 Å². The van der Waals surface area contributed by atoms with Gasteiger partial charge in [-0.25, -0.2) is 9.78 Å². The molecule has 0 saturated carbocycles. The molecular weight excluding hydrogens is 344 g/mol. The van der Waals surface area contributed by atoms with Gasteiger partial charge in [-0.05, 0) is 36.5 Å². The number of thioether (sulfide) groups is 1. The minimum Gasteiger partial charge on any atom is -0.445 e. The van der Waals surface area contributed by atoms with Gasteiger partial charge in [-0.15, -0.1) is 11.8 Å². The quantitative estimate of drug-likeness (QED) is 0.657. The lowest BCUT2D eigenvalue weighted by Crippen LogP contribution is -2.38. The summed E-state index contributed by atoms with van der Waals surface area (Å²) in [5.41, 5.74) is 2.10. The minimum atomic E-state index is -0.237. The normalized spacial score (nSPS) is 17.3. The fourth-order valence-corrected chi connectivity index (χ4v) is 3.94. The molecule has 0 N–H and O–H groups in total. The second-order valence-electron chi connectivity index (χ2n) is 6.84. The second kappa shape index (κ2) is 9.08. The molecule has 1 aliphatic heterocycles. The van der Waals surface area contributed by atoms with Gasteiger partial charge in [-0.3, -0.25) is 0 Å². The number of nitrogens with zero attached hydrogens (tertiary/aromatic N) is 2. The van der Waals surface area contributed by atoms with Gasteiger partial charge in [0.2, 0.25) is 0 Å². The molecule has 0 radical (unpaired) electrons. The van der Waals surface area contributed by atoms with Crippen LogP contribution in [0.15, 0.2) is 53.7 Å². The SMILES string of the molecule is CC(C)Sc1ccc(C2CCCCN2C(=O)OCc2ccccc2)cn1. The first-order chi connectivity index (χ1) is 12.6. The van der Waals surface area contributed by atoms with Crippen LogP contribution in [0.5, 0.6) is 0 Å². The number of carbonyl (C=O) groups excluding carboxylic acids is 1. The Balaban J connectivity index is 1.66. The fraction of sp³-hybridized carbons (Fsp3) is 0.429. The molecule has 1 unspecified atom stereocenters. The summed E-state index contributed by atoms with van der Waals surface area (Å²) in [7, 11) is 0. The lowest BCUT2D eigenvalue weighted by Gasteiger charge is -2.35. The van der Waals surface area contributed by atoms with Gasteiger partial charge in [0.15, 0.2) is 0 Å². The van der Waals surface area contributed by atoms with Crippen molar-refractivity contribution in [3.8, 4) is 0 Å². The third kappa shape index (κ3) is 5.01. The molecule has 1 aromatic carbocycles. The van der Waals surface area contributed by atoms with Crippen LogP contribution in [0.1, 0.15) is 50.3 Å². The number of aromatic nitrogens is 1. The van der Waals surface area contributed by atoms with E-state index in [9.17, 15) is 4.79 Å². The molecule has 26 heavy (non-hydrogen) atoms. The van der Waals surface area contributed by atoms with Crippen molar-refractivity contribution in [3.05, 3.63) is 59.8 Å². The Labute approximate surface area is 160 Å². The molecule has 1 saturated heterocycles. The highest BCUT2D eigenvalue weighted by atomic mass is 32.2. The molecule has 0 spiro atoms. The molecule has 1 amide bonds. The minimum absolute atomic E-state index is 0.0534. The van der Waals surface area contributed by atoms with Gasteiger partial charge in [-0.1, -0.05) is 50.2 Å². The van der Waals surface area contributed by atoms with Crippen LogP contribution in [0.3, 0.4) is 0 Å². The van der Waals surface area contributed by atoms with Crippen molar-refractivity contribution in [3.63, 3.8) is 0 Å². The number of pyridine rings is 1. The maximum Gasteiger partial charge on any atom is 0.410 e. The van der Waals surface area contributed by atoms with Crippen LogP contribution in [-0.4, -0.2) is 27.8 Å². The molecule has 2 aromatic rings. The standard InChI is InChI=1S/C21H26N2O2S/c1-16(2)26-20-12-11-18(14-22-20)19-10-6-7-13-23(19)21(24)25-15-17-8-4-3-5-9-17/h3-5,8-9,11-12,14,16,19H,6-7,10,13,15H2,1-2H3. The topological polar surface area (TPSA) is 42.4 Å². The summed E-state index contributed by atoms with van der Waals surface area (Å²) < 4.78 is 5.56. The highest BCUT2D eigenvalue weighted by Gasteiger charge is 2.29. The first kappa shape index (κ1) is 18.8. The Morgan fingerprint density at radius 2 is 2.04 bits per heavy atom. The van der Waals surface area contributed by atoms with E-state index in [0.29, 0.717) is 11.9 Å². The van der Waals surface area contributed by atoms with Crippen LogP contribution in [0, 0.1) is 0 Å². The van der Waals surface area contributed by atoms with Crippen molar-refractivity contribution < 1.29 is 9.53 Å². The Morgan fingerprint density at radius 3 is 2.73 bits per heavy atom. The molecule has 1 atom stereocenters. The lowest BCUT2D eigenvalue weighted by molar-refractivity contribution is 0.0678. The van der Waals surface area contributed by atoms with Crippen molar-refractivity contribution in [2.75, 3.05) is 6.54 Å². The van der Waals surface area contributed by atoms with Crippen LogP contribution in [0.2, 0.25) is 0 Å². The predicted molar refractivity (Wildman–Crippen MR) is 105 cm³/mol. The first-order valence-corrected chi connectivity index (χ1v) is 10.1. The number of ether oxygens (including phenoxy) is 1. The summed E-state index contributed by atoms with van der Waals surface area (Å²) in [6, 6.07) is 14.0. The second-order valence-corrected chi connectivity index (χ2v) is 8.44. The fourth-order valence-electron chi connectivity index (χ4n) is 3.20. The average Bonchev–Trinajstić information content (AvgIpc) is 2.67. The van der Waals surface area contributed by atoms with Crippen LogP contribution >= 0.6 is 11.8 Å². The number of rotatable bonds is 5. The molecule has 5 heteroatoms. The number of carbonyl (C=O) groups is 1. The van der Waals surface area contributed by atoms with Gasteiger partial charge >= 0.3 is 6.09 Å². The number of likely N-dealkylation sites (tertiary alicyclic amines) is 1. The van der Waals surface area contributed by atoms with Gasteiger partial charge < -0.3 is 9.64 Å². The van der Waals surface area contributed by atoms with E-state index in [1.54, 1.807) is 11.8 Å². The summed E-state index contributed by atoms with van der Waals surface area (Å²) >= 11 is 1.75. The molecule has 3 rings (SSSR count). The van der Waals surface area contributed by atoms with Crippen LogP contribution in [-0.2, 0) is 11.3 Å². The third-order valence-electron chi connectivity index (χ3n) is 4.44. The van der Waals surface area contributed by atoms with Crippen LogP contribution in [0.4, 0.5) is 4.79 Å². The lowest BCUT2D eigenvalue weighted by atomic mass is 9.97. The summed E-state index contributed by atoms with van der Waals surface area (Å²) in [5.74, 6) is 0. The van der Waals surface area contributed by atoms with E-state index in [1.807, 2.05) is 41.4 Å². The van der Waals surface area contributed by atoms with Crippen LogP contribution < -0.4 is 0 Å². The molecule has 1 aromatic heterocycles. The first-order valence-electron chi connectivity index (χ1n) is 9.23.